The van der Waals surface area contributed by atoms with Gasteiger partial charge in [0.05, 0.1) is 0 Å². The molecule has 0 unspecified atom stereocenters. The van der Waals surface area contributed by atoms with Gasteiger partial charge in [0.15, 0.2) is 0 Å². The van der Waals surface area contributed by atoms with Gasteiger partial charge in [-0.2, -0.15) is 0 Å². The fourth-order valence-corrected chi connectivity index (χ4v) is 10.3. The maximum atomic E-state index is 13.3. The topological polar surface area (TPSA) is 129 Å². The van der Waals surface area contributed by atoms with E-state index in [0.29, 0.717) is 51.4 Å². The van der Waals surface area contributed by atoms with Gasteiger partial charge in [-0.25, -0.2) is 0 Å². The first-order valence-corrected chi connectivity index (χ1v) is 28.8. The monoisotopic (exact) mass is 948 g/mol. The predicted molar refractivity (Wildman–Crippen MR) is 273 cm³/mol. The second-order valence-electron chi connectivity index (χ2n) is 20.9. The van der Waals surface area contributed by atoms with Crippen LogP contribution in [0.1, 0.15) is 285 Å². The number of nitrogens with zero attached hydrogens (tertiary/aromatic N) is 1. The molecule has 1 N–H and O–H groups in total. The van der Waals surface area contributed by atoms with Crippen molar-refractivity contribution in [1.82, 2.24) is 4.90 Å². The van der Waals surface area contributed by atoms with E-state index >= 15 is 0 Å². The lowest BCUT2D eigenvalue weighted by Gasteiger charge is -2.39. The smallest absolute Gasteiger partial charge is 0.306 e. The first kappa shape index (κ1) is 60.9. The van der Waals surface area contributed by atoms with E-state index in [9.17, 15) is 24.3 Å². The molecule has 0 aromatic rings. The lowest BCUT2D eigenvalue weighted by molar-refractivity contribution is -0.165. The first-order chi connectivity index (χ1) is 32.7. The highest BCUT2D eigenvalue weighted by atomic mass is 16.6. The van der Waals surface area contributed by atoms with Crippen LogP contribution in [-0.4, -0.2) is 84.5 Å². The molecule has 392 valence electrons. The second kappa shape index (κ2) is 40.5. The van der Waals surface area contributed by atoms with Crippen molar-refractivity contribution < 1.29 is 43.2 Å². The SMILES string of the molecule is CCCCCCCC(CCCCCCC)OC(=O)CCCCCC(=O)O[C@@H]1CC2(CCN(CCCCO)CC2)C[C@H]1OC(=O)CCCCCC(=O)OC(CCCCCCC)CCCCCCC. The molecule has 2 rings (SSSR count). The van der Waals surface area contributed by atoms with Gasteiger partial charge in [-0.1, -0.05) is 143 Å². The molecule has 1 saturated carbocycles. The van der Waals surface area contributed by atoms with E-state index in [1.165, 1.54) is 103 Å². The summed E-state index contributed by atoms with van der Waals surface area (Å²) in [6.45, 7) is 12.0. The Morgan fingerprint density at radius 2 is 0.776 bits per heavy atom. The Hall–Kier alpha value is -2.20. The quantitative estimate of drug-likeness (QED) is 0.0358. The maximum absolute atomic E-state index is 13.3. The molecule has 10 heteroatoms. The number of hydrogen-bond donors (Lipinski definition) is 1. The third-order valence-electron chi connectivity index (χ3n) is 14.7. The highest BCUT2D eigenvalue weighted by Crippen LogP contribution is 2.48. The molecule has 2 aliphatic rings. The van der Waals surface area contributed by atoms with Crippen molar-refractivity contribution in [3.8, 4) is 0 Å². The molecule has 2 fully saturated rings. The Labute approximate surface area is 411 Å². The lowest BCUT2D eigenvalue weighted by atomic mass is 9.77. The number of aliphatic hydroxyl groups is 1. The van der Waals surface area contributed by atoms with Crippen molar-refractivity contribution in [3.05, 3.63) is 0 Å². The normalized spacial score (nSPS) is 17.1. The fraction of sp³-hybridized carbons (Fsp3) is 0.930. The maximum Gasteiger partial charge on any atom is 0.306 e. The number of esters is 4. The van der Waals surface area contributed by atoms with E-state index in [1.807, 2.05) is 0 Å². The molecule has 2 atom stereocenters. The third-order valence-corrected chi connectivity index (χ3v) is 14.7. The van der Waals surface area contributed by atoms with Crippen LogP contribution >= 0.6 is 0 Å². The minimum absolute atomic E-state index is 0.0129. The van der Waals surface area contributed by atoms with E-state index in [4.69, 9.17) is 18.9 Å². The molecule has 0 radical (unpaired) electrons. The molecule has 10 nitrogen and oxygen atoms in total. The predicted octanol–water partition coefficient (Wildman–Crippen LogP) is 14.6. The standard InChI is InChI=1S/C57H105NO9/c1-5-9-13-17-23-33-49(34-24-18-14-10-6-2)64-53(60)37-27-21-29-39-55(62)66-51-47-57(41-44-58(45-42-57)43-31-32-46-59)48-52(51)67-56(63)40-30-22-28-38-54(61)65-50(35-25-19-15-11-7-3)36-26-20-16-12-8-4/h49-52,59H,5-48H2,1-4H3/t51-,52-/m1/s1. The average molecular weight is 948 g/mol. The first-order valence-electron chi connectivity index (χ1n) is 28.8. The van der Waals surface area contributed by atoms with Gasteiger partial charge < -0.3 is 29.0 Å². The van der Waals surface area contributed by atoms with E-state index < -0.39 is 12.2 Å². The summed E-state index contributed by atoms with van der Waals surface area (Å²) < 4.78 is 24.3. The van der Waals surface area contributed by atoms with E-state index in [2.05, 4.69) is 32.6 Å². The molecule has 1 spiro atoms. The van der Waals surface area contributed by atoms with Crippen molar-refractivity contribution in [2.45, 2.75) is 309 Å². The number of hydrogen-bond acceptors (Lipinski definition) is 10. The number of carbonyl (C=O) groups excluding carboxylic acids is 4. The van der Waals surface area contributed by atoms with Gasteiger partial charge in [-0.3, -0.25) is 19.2 Å². The minimum Gasteiger partial charge on any atom is -0.462 e. The Kier molecular flexibility index (Phi) is 36.8. The van der Waals surface area contributed by atoms with E-state index in [-0.39, 0.29) is 60.9 Å². The van der Waals surface area contributed by atoms with Gasteiger partial charge in [-0.15, -0.1) is 0 Å². The zero-order valence-electron chi connectivity index (χ0n) is 44.1. The summed E-state index contributed by atoms with van der Waals surface area (Å²) in [6.07, 6.45) is 37.6. The molecule has 1 heterocycles. The van der Waals surface area contributed by atoms with Crippen LogP contribution in [-0.2, 0) is 38.1 Å². The van der Waals surface area contributed by atoms with Crippen LogP contribution in [0.25, 0.3) is 0 Å². The molecule has 1 aliphatic heterocycles. The van der Waals surface area contributed by atoms with Gasteiger partial charge in [0.2, 0.25) is 0 Å². The number of unbranched alkanes of at least 4 members (excludes halogenated alkanes) is 21. The molecular weight excluding hydrogens is 843 g/mol. The van der Waals surface area contributed by atoms with Crippen LogP contribution in [0.3, 0.4) is 0 Å². The lowest BCUT2D eigenvalue weighted by Crippen LogP contribution is -2.39. The molecule has 0 bridgehead atoms. The summed E-state index contributed by atoms with van der Waals surface area (Å²) in [6, 6.07) is 0. The largest absolute Gasteiger partial charge is 0.462 e. The van der Waals surface area contributed by atoms with E-state index in [0.717, 1.165) is 110 Å². The van der Waals surface area contributed by atoms with Crippen molar-refractivity contribution in [1.29, 1.82) is 0 Å². The molecule has 0 aromatic carbocycles. The Morgan fingerprint density at radius 3 is 1.12 bits per heavy atom. The zero-order chi connectivity index (χ0) is 48.6. The summed E-state index contributed by atoms with van der Waals surface area (Å²) in [4.78, 5) is 54.8. The van der Waals surface area contributed by atoms with Crippen LogP contribution in [0.15, 0.2) is 0 Å². The highest BCUT2D eigenvalue weighted by Gasteiger charge is 2.50. The Balaban J connectivity index is 1.83. The number of likely N-dealkylation sites (tertiary alicyclic amines) is 1. The van der Waals surface area contributed by atoms with Crippen LogP contribution in [0.2, 0.25) is 0 Å². The summed E-state index contributed by atoms with van der Waals surface area (Å²) in [7, 11) is 0. The highest BCUT2D eigenvalue weighted by molar-refractivity contribution is 5.71. The summed E-state index contributed by atoms with van der Waals surface area (Å²) in [5, 5.41) is 9.26. The number of carbonyl (C=O) groups is 4. The molecule has 67 heavy (non-hydrogen) atoms. The number of rotatable bonds is 44. The molecule has 0 amide bonds. The Bertz CT molecular complexity index is 1130. The van der Waals surface area contributed by atoms with Crippen molar-refractivity contribution >= 4 is 23.9 Å². The van der Waals surface area contributed by atoms with Crippen LogP contribution in [0.4, 0.5) is 0 Å². The van der Waals surface area contributed by atoms with E-state index in [1.54, 1.807) is 0 Å². The molecule has 1 aliphatic carbocycles. The number of piperidine rings is 1. The molecular formula is C57H105NO9. The van der Waals surface area contributed by atoms with Crippen LogP contribution in [0.5, 0.6) is 0 Å². The van der Waals surface area contributed by atoms with Gasteiger partial charge in [0.25, 0.3) is 0 Å². The summed E-state index contributed by atoms with van der Waals surface area (Å²) in [5.74, 6) is -0.762. The fourth-order valence-electron chi connectivity index (χ4n) is 10.3. The Morgan fingerprint density at radius 1 is 0.448 bits per heavy atom. The summed E-state index contributed by atoms with van der Waals surface area (Å²) in [5.41, 5.74) is -0.0319. The van der Waals surface area contributed by atoms with Gasteiger partial charge in [0.1, 0.15) is 24.4 Å². The van der Waals surface area contributed by atoms with Gasteiger partial charge in [0, 0.05) is 32.3 Å². The number of aliphatic hydroxyl groups excluding tert-OH is 1. The van der Waals surface area contributed by atoms with Gasteiger partial charge in [-0.05, 0) is 141 Å². The van der Waals surface area contributed by atoms with Crippen LogP contribution < -0.4 is 0 Å². The minimum atomic E-state index is -0.464. The van der Waals surface area contributed by atoms with Crippen molar-refractivity contribution in [3.63, 3.8) is 0 Å². The zero-order valence-corrected chi connectivity index (χ0v) is 44.1. The van der Waals surface area contributed by atoms with Gasteiger partial charge >= 0.3 is 23.9 Å². The summed E-state index contributed by atoms with van der Waals surface area (Å²) >= 11 is 0. The van der Waals surface area contributed by atoms with Crippen molar-refractivity contribution in [2.24, 2.45) is 5.41 Å². The molecule has 1 saturated heterocycles. The van der Waals surface area contributed by atoms with Crippen LogP contribution in [0, 0.1) is 5.41 Å². The van der Waals surface area contributed by atoms with Crippen molar-refractivity contribution in [2.75, 3.05) is 26.2 Å². The average Bonchev–Trinajstić information content (AvgIpc) is 3.63. The molecule has 0 aromatic heterocycles. The number of ether oxygens (including phenoxy) is 4. The second-order valence-corrected chi connectivity index (χ2v) is 20.9. The third kappa shape index (κ3) is 30.9.